The summed E-state index contributed by atoms with van der Waals surface area (Å²) in [4.78, 5) is 19.2. The molecule has 5 nitrogen and oxygen atoms in total. The van der Waals surface area contributed by atoms with Crippen LogP contribution in [0.25, 0.3) is 0 Å². The lowest BCUT2D eigenvalue weighted by atomic mass is 10.4. The topological polar surface area (TPSA) is 98.2 Å². The summed E-state index contributed by atoms with van der Waals surface area (Å²) in [5, 5.41) is 1.58. The number of rotatable bonds is 1. The van der Waals surface area contributed by atoms with Gasteiger partial charge in [-0.1, -0.05) is 26.7 Å². The van der Waals surface area contributed by atoms with Gasteiger partial charge in [0.05, 0.1) is 0 Å². The maximum atomic E-state index is 9.62. The minimum Gasteiger partial charge on any atom is -0.351 e. The molecular weight excluding hydrogens is 146 g/mol. The van der Waals surface area contributed by atoms with Crippen molar-refractivity contribution in [2.75, 3.05) is 0 Å². The Bertz CT molecular complexity index is 111. The molecule has 0 fully saturated rings. The Hall–Kier alpha value is -1.26. The smallest absolute Gasteiger partial charge is 0.320 e. The quantitative estimate of drug-likeness (QED) is 0.523. The molecule has 0 saturated heterocycles. The molecule has 0 spiro atoms. The Morgan fingerprint density at radius 1 is 1.09 bits per heavy atom. The SMILES string of the molecule is CCCC.NC(=O)NC(N)=O. The summed E-state index contributed by atoms with van der Waals surface area (Å²) in [6.45, 7) is 4.36. The van der Waals surface area contributed by atoms with Crippen LogP contribution in [0, 0.1) is 0 Å². The van der Waals surface area contributed by atoms with Crippen LogP contribution >= 0.6 is 0 Å². The summed E-state index contributed by atoms with van der Waals surface area (Å²) in [5.41, 5.74) is 8.88. The van der Waals surface area contributed by atoms with Gasteiger partial charge < -0.3 is 11.5 Å². The van der Waals surface area contributed by atoms with E-state index in [9.17, 15) is 9.59 Å². The fourth-order valence-corrected chi connectivity index (χ4v) is 0.121. The molecule has 0 aromatic heterocycles. The summed E-state index contributed by atoms with van der Waals surface area (Å²) in [6, 6.07) is -1.88. The summed E-state index contributed by atoms with van der Waals surface area (Å²) in [7, 11) is 0. The van der Waals surface area contributed by atoms with Crippen LogP contribution in [0.5, 0.6) is 0 Å². The Labute approximate surface area is 66.1 Å². The second kappa shape index (κ2) is 8.74. The van der Waals surface area contributed by atoms with Crippen LogP contribution in [0.3, 0.4) is 0 Å². The van der Waals surface area contributed by atoms with Crippen LogP contribution in [0.4, 0.5) is 9.59 Å². The molecule has 0 saturated carbocycles. The van der Waals surface area contributed by atoms with Crippen molar-refractivity contribution < 1.29 is 9.59 Å². The normalized spacial score (nSPS) is 7.45. The minimum atomic E-state index is -0.938. The molecule has 0 heterocycles. The first-order chi connectivity index (χ1) is 5.04. The highest BCUT2D eigenvalue weighted by atomic mass is 16.2. The maximum absolute atomic E-state index is 9.62. The van der Waals surface area contributed by atoms with E-state index in [1.165, 1.54) is 12.8 Å². The number of unbranched alkanes of at least 4 members (excludes halogenated alkanes) is 1. The summed E-state index contributed by atoms with van der Waals surface area (Å²) >= 11 is 0. The zero-order valence-electron chi connectivity index (χ0n) is 6.89. The monoisotopic (exact) mass is 161 g/mol. The van der Waals surface area contributed by atoms with E-state index in [4.69, 9.17) is 0 Å². The molecule has 5 N–H and O–H groups in total. The predicted octanol–water partition coefficient (Wildman–Crippen LogP) is 0.540. The van der Waals surface area contributed by atoms with Crippen molar-refractivity contribution in [2.45, 2.75) is 26.7 Å². The van der Waals surface area contributed by atoms with E-state index in [1.807, 2.05) is 0 Å². The van der Waals surface area contributed by atoms with E-state index in [2.05, 4.69) is 25.3 Å². The number of primary amides is 2. The van der Waals surface area contributed by atoms with Gasteiger partial charge in [0.25, 0.3) is 0 Å². The molecule has 0 atom stereocenters. The molecule has 0 aliphatic rings. The first-order valence-electron chi connectivity index (χ1n) is 3.40. The molecule has 11 heavy (non-hydrogen) atoms. The molecule has 0 aromatic rings. The number of hydrogen-bond acceptors (Lipinski definition) is 2. The number of nitrogens with two attached hydrogens (primary N) is 2. The van der Waals surface area contributed by atoms with Gasteiger partial charge in [0.2, 0.25) is 0 Å². The molecule has 0 aliphatic heterocycles. The molecule has 0 aromatic carbocycles. The van der Waals surface area contributed by atoms with Gasteiger partial charge in [0.1, 0.15) is 0 Å². The first-order valence-corrected chi connectivity index (χ1v) is 3.40. The molecule has 0 rings (SSSR count). The van der Waals surface area contributed by atoms with Crippen molar-refractivity contribution in [3.63, 3.8) is 0 Å². The first kappa shape index (κ1) is 12.4. The number of carbonyl (C=O) groups is 2. The number of amides is 4. The van der Waals surface area contributed by atoms with Crippen molar-refractivity contribution in [2.24, 2.45) is 11.5 Å². The fraction of sp³-hybridized carbons (Fsp3) is 0.667. The van der Waals surface area contributed by atoms with Crippen LogP contribution in [0.1, 0.15) is 26.7 Å². The third kappa shape index (κ3) is 28.4. The number of carbonyl (C=O) groups excluding carboxylic acids is 2. The van der Waals surface area contributed by atoms with Crippen molar-refractivity contribution >= 4 is 12.1 Å². The van der Waals surface area contributed by atoms with Crippen LogP contribution < -0.4 is 16.8 Å². The average Bonchev–Trinajstić information content (AvgIpc) is 1.85. The van der Waals surface area contributed by atoms with Crippen molar-refractivity contribution in [1.29, 1.82) is 0 Å². The number of hydrogen-bond donors (Lipinski definition) is 3. The van der Waals surface area contributed by atoms with Gasteiger partial charge in [-0.3, -0.25) is 5.32 Å². The third-order valence-corrected chi connectivity index (χ3v) is 0.746. The number of urea groups is 2. The minimum absolute atomic E-state index is 0.937. The molecule has 4 amide bonds. The summed E-state index contributed by atoms with van der Waals surface area (Å²) in [5.74, 6) is 0. The standard InChI is InChI=1S/C4H10.C2H5N3O2/c1-3-4-2;3-1(6)5-2(4)7/h3-4H2,1-2H3;(H5,3,4,5,6,7). The van der Waals surface area contributed by atoms with Gasteiger partial charge in [-0.15, -0.1) is 0 Å². The molecule has 66 valence electrons. The van der Waals surface area contributed by atoms with Crippen molar-refractivity contribution in [3.8, 4) is 0 Å². The van der Waals surface area contributed by atoms with Crippen molar-refractivity contribution in [1.82, 2.24) is 5.32 Å². The average molecular weight is 161 g/mol. The lowest BCUT2D eigenvalue weighted by molar-refractivity contribution is 0.236. The van der Waals surface area contributed by atoms with Crippen LogP contribution in [-0.4, -0.2) is 12.1 Å². The van der Waals surface area contributed by atoms with E-state index < -0.39 is 12.1 Å². The highest BCUT2D eigenvalue weighted by Crippen LogP contribution is 1.76. The van der Waals surface area contributed by atoms with Gasteiger partial charge in [0, 0.05) is 0 Å². The number of nitrogens with one attached hydrogen (secondary N) is 1. The second-order valence-electron chi connectivity index (χ2n) is 1.85. The van der Waals surface area contributed by atoms with Gasteiger partial charge >= 0.3 is 12.1 Å². The Morgan fingerprint density at radius 3 is 1.36 bits per heavy atom. The predicted molar refractivity (Wildman–Crippen MR) is 42.9 cm³/mol. The number of imide groups is 1. The summed E-state index contributed by atoms with van der Waals surface area (Å²) < 4.78 is 0. The van der Waals surface area contributed by atoms with E-state index in [0.29, 0.717) is 0 Å². The molecule has 5 heteroatoms. The van der Waals surface area contributed by atoms with E-state index >= 15 is 0 Å². The fourth-order valence-electron chi connectivity index (χ4n) is 0.121. The van der Waals surface area contributed by atoms with Gasteiger partial charge in [-0.2, -0.15) is 0 Å². The summed E-state index contributed by atoms with van der Waals surface area (Å²) in [6.07, 6.45) is 2.64. The lowest BCUT2D eigenvalue weighted by Crippen LogP contribution is -2.38. The zero-order valence-corrected chi connectivity index (χ0v) is 6.89. The van der Waals surface area contributed by atoms with E-state index in [-0.39, 0.29) is 0 Å². The zero-order chi connectivity index (χ0) is 9.28. The van der Waals surface area contributed by atoms with Crippen LogP contribution in [-0.2, 0) is 0 Å². The van der Waals surface area contributed by atoms with Gasteiger partial charge in [-0.05, 0) is 0 Å². The van der Waals surface area contributed by atoms with Gasteiger partial charge in [-0.25, -0.2) is 9.59 Å². The lowest BCUT2D eigenvalue weighted by Gasteiger charge is -1.88. The highest BCUT2D eigenvalue weighted by Gasteiger charge is 1.92. The third-order valence-electron chi connectivity index (χ3n) is 0.746. The molecule has 0 bridgehead atoms. The van der Waals surface area contributed by atoms with Crippen LogP contribution in [0.15, 0.2) is 0 Å². The van der Waals surface area contributed by atoms with E-state index in [1.54, 1.807) is 5.32 Å². The Balaban J connectivity index is 0. The second-order valence-corrected chi connectivity index (χ2v) is 1.85. The molecular formula is C6H15N3O2. The molecule has 0 unspecified atom stereocenters. The Morgan fingerprint density at radius 2 is 1.36 bits per heavy atom. The maximum Gasteiger partial charge on any atom is 0.320 e. The Kier molecular flexibility index (Phi) is 9.87. The molecule has 0 radical (unpaired) electrons. The highest BCUT2D eigenvalue weighted by molar-refractivity contribution is 5.91. The van der Waals surface area contributed by atoms with Gasteiger partial charge in [0.15, 0.2) is 0 Å². The molecule has 0 aliphatic carbocycles. The largest absolute Gasteiger partial charge is 0.351 e. The van der Waals surface area contributed by atoms with Crippen LogP contribution in [0.2, 0.25) is 0 Å². The van der Waals surface area contributed by atoms with E-state index in [0.717, 1.165) is 0 Å². The van der Waals surface area contributed by atoms with Crippen molar-refractivity contribution in [3.05, 3.63) is 0 Å².